The van der Waals surface area contributed by atoms with Gasteiger partial charge in [-0.1, -0.05) is 0 Å². The topological polar surface area (TPSA) is 73.8 Å². The van der Waals surface area contributed by atoms with Crippen LogP contribution in [0.5, 0.6) is 0 Å². The SMILES string of the molecule is CCn1cc(C=Cc2ccc([N+](=O)[O-])cn2)cn1. The summed E-state index contributed by atoms with van der Waals surface area (Å²) in [7, 11) is 0. The third-order valence-electron chi connectivity index (χ3n) is 2.41. The van der Waals surface area contributed by atoms with Gasteiger partial charge in [0.2, 0.25) is 0 Å². The number of hydrogen-bond acceptors (Lipinski definition) is 4. The van der Waals surface area contributed by atoms with E-state index in [9.17, 15) is 10.1 Å². The highest BCUT2D eigenvalue weighted by molar-refractivity contribution is 5.67. The van der Waals surface area contributed by atoms with Gasteiger partial charge in [-0.25, -0.2) is 4.98 Å². The number of hydrogen-bond donors (Lipinski definition) is 0. The second-order valence-electron chi connectivity index (χ2n) is 3.66. The fraction of sp³-hybridized carbons (Fsp3) is 0.167. The van der Waals surface area contributed by atoms with E-state index >= 15 is 0 Å². The molecule has 0 unspecified atom stereocenters. The van der Waals surface area contributed by atoms with Gasteiger partial charge >= 0.3 is 0 Å². The lowest BCUT2D eigenvalue weighted by Crippen LogP contribution is -1.91. The van der Waals surface area contributed by atoms with Crippen molar-refractivity contribution in [2.24, 2.45) is 0 Å². The first-order valence-electron chi connectivity index (χ1n) is 5.50. The van der Waals surface area contributed by atoms with Crippen molar-refractivity contribution >= 4 is 17.8 Å². The van der Waals surface area contributed by atoms with Crippen molar-refractivity contribution < 1.29 is 4.92 Å². The monoisotopic (exact) mass is 244 g/mol. The predicted molar refractivity (Wildman–Crippen MR) is 67.7 cm³/mol. The Labute approximate surface area is 104 Å². The molecular weight excluding hydrogens is 232 g/mol. The predicted octanol–water partition coefficient (Wildman–Crippen LogP) is 2.38. The van der Waals surface area contributed by atoms with Gasteiger partial charge < -0.3 is 0 Å². The maximum atomic E-state index is 10.5. The highest BCUT2D eigenvalue weighted by Gasteiger charge is 2.03. The van der Waals surface area contributed by atoms with Crippen molar-refractivity contribution in [1.82, 2.24) is 14.8 Å². The Morgan fingerprint density at radius 3 is 2.78 bits per heavy atom. The largest absolute Gasteiger partial charge is 0.287 e. The lowest BCUT2D eigenvalue weighted by Gasteiger charge is -1.92. The smallest absolute Gasteiger partial charge is 0.272 e. The average molecular weight is 244 g/mol. The van der Waals surface area contributed by atoms with E-state index in [4.69, 9.17) is 0 Å². The fourth-order valence-electron chi connectivity index (χ4n) is 1.42. The van der Waals surface area contributed by atoms with Gasteiger partial charge in [-0.3, -0.25) is 14.8 Å². The van der Waals surface area contributed by atoms with Crippen LogP contribution in [-0.2, 0) is 6.54 Å². The van der Waals surface area contributed by atoms with E-state index in [1.165, 1.54) is 12.3 Å². The molecular formula is C12H12N4O2. The van der Waals surface area contributed by atoms with E-state index in [1.807, 2.05) is 23.9 Å². The summed E-state index contributed by atoms with van der Waals surface area (Å²) in [5.74, 6) is 0. The first kappa shape index (κ1) is 12.0. The summed E-state index contributed by atoms with van der Waals surface area (Å²) in [6, 6.07) is 3.04. The minimum absolute atomic E-state index is 0.00838. The molecule has 0 aliphatic carbocycles. The first-order chi connectivity index (χ1) is 8.69. The molecule has 0 radical (unpaired) electrons. The van der Waals surface area contributed by atoms with Crippen LogP contribution >= 0.6 is 0 Å². The van der Waals surface area contributed by atoms with E-state index < -0.39 is 4.92 Å². The van der Waals surface area contributed by atoms with Crippen LogP contribution in [0.4, 0.5) is 5.69 Å². The van der Waals surface area contributed by atoms with Gasteiger partial charge in [-0.15, -0.1) is 0 Å². The van der Waals surface area contributed by atoms with Crippen LogP contribution in [0.15, 0.2) is 30.7 Å². The van der Waals surface area contributed by atoms with Crippen LogP contribution in [-0.4, -0.2) is 19.7 Å². The summed E-state index contributed by atoms with van der Waals surface area (Å²) >= 11 is 0. The molecule has 0 amide bonds. The normalized spacial score (nSPS) is 10.9. The van der Waals surface area contributed by atoms with Crippen molar-refractivity contribution in [1.29, 1.82) is 0 Å². The quantitative estimate of drug-likeness (QED) is 0.611. The minimum Gasteiger partial charge on any atom is -0.272 e. The molecule has 0 bridgehead atoms. The number of pyridine rings is 1. The molecule has 18 heavy (non-hydrogen) atoms. The molecule has 6 heteroatoms. The van der Waals surface area contributed by atoms with Crippen molar-refractivity contribution in [2.75, 3.05) is 0 Å². The molecule has 2 rings (SSSR count). The van der Waals surface area contributed by atoms with Crippen LogP contribution < -0.4 is 0 Å². The van der Waals surface area contributed by atoms with E-state index in [1.54, 1.807) is 18.3 Å². The van der Waals surface area contributed by atoms with Crippen molar-refractivity contribution in [2.45, 2.75) is 13.5 Å². The molecule has 0 N–H and O–H groups in total. The minimum atomic E-state index is -0.466. The Hall–Kier alpha value is -2.50. The van der Waals surface area contributed by atoms with Crippen LogP contribution in [0.1, 0.15) is 18.2 Å². The van der Waals surface area contributed by atoms with Crippen molar-refractivity contribution in [3.05, 3.63) is 52.1 Å². The van der Waals surface area contributed by atoms with E-state index in [2.05, 4.69) is 10.1 Å². The molecule has 0 fully saturated rings. The van der Waals surface area contributed by atoms with E-state index in [0.29, 0.717) is 5.69 Å². The summed E-state index contributed by atoms with van der Waals surface area (Å²) in [5, 5.41) is 14.6. The Balaban J connectivity index is 2.11. The van der Waals surface area contributed by atoms with Gasteiger partial charge in [0.25, 0.3) is 5.69 Å². The highest BCUT2D eigenvalue weighted by atomic mass is 16.6. The van der Waals surface area contributed by atoms with E-state index in [-0.39, 0.29) is 5.69 Å². The molecule has 2 heterocycles. The zero-order valence-electron chi connectivity index (χ0n) is 9.85. The van der Waals surface area contributed by atoms with E-state index in [0.717, 1.165) is 12.1 Å². The van der Waals surface area contributed by atoms with Gasteiger partial charge in [-0.2, -0.15) is 5.10 Å². The van der Waals surface area contributed by atoms with Gasteiger partial charge in [0.1, 0.15) is 6.20 Å². The zero-order valence-corrected chi connectivity index (χ0v) is 9.85. The number of nitro groups is 1. The molecule has 0 saturated carbocycles. The van der Waals surface area contributed by atoms with Crippen LogP contribution in [0.2, 0.25) is 0 Å². The molecule has 0 aromatic carbocycles. The lowest BCUT2D eigenvalue weighted by molar-refractivity contribution is -0.385. The zero-order chi connectivity index (χ0) is 13.0. The summed E-state index contributed by atoms with van der Waals surface area (Å²) in [6.45, 7) is 2.84. The third kappa shape index (κ3) is 2.79. The first-order valence-corrected chi connectivity index (χ1v) is 5.50. The molecule has 2 aromatic rings. The Morgan fingerprint density at radius 1 is 1.39 bits per heavy atom. The molecule has 2 aromatic heterocycles. The molecule has 0 aliphatic heterocycles. The number of aromatic nitrogens is 3. The fourth-order valence-corrected chi connectivity index (χ4v) is 1.42. The third-order valence-corrected chi connectivity index (χ3v) is 2.41. The van der Waals surface area contributed by atoms with Gasteiger partial charge in [0.15, 0.2) is 0 Å². The van der Waals surface area contributed by atoms with Crippen molar-refractivity contribution in [3.8, 4) is 0 Å². The summed E-state index contributed by atoms with van der Waals surface area (Å²) in [4.78, 5) is 14.0. The Morgan fingerprint density at radius 2 is 2.22 bits per heavy atom. The summed E-state index contributed by atoms with van der Waals surface area (Å²) < 4.78 is 1.82. The van der Waals surface area contributed by atoms with Crippen LogP contribution in [0.3, 0.4) is 0 Å². The molecule has 92 valence electrons. The Bertz CT molecular complexity index is 572. The average Bonchev–Trinajstić information content (AvgIpc) is 2.85. The number of rotatable bonds is 4. The van der Waals surface area contributed by atoms with Crippen LogP contribution in [0, 0.1) is 10.1 Å². The molecule has 0 saturated heterocycles. The standard InChI is InChI=1S/C12H12N4O2/c1-2-15-9-10(7-14-15)3-4-11-5-6-12(8-13-11)16(17)18/h3-9H,2H2,1H3. The van der Waals surface area contributed by atoms with Crippen molar-refractivity contribution in [3.63, 3.8) is 0 Å². The van der Waals surface area contributed by atoms with Gasteiger partial charge in [0.05, 0.1) is 16.8 Å². The molecule has 0 aliphatic rings. The van der Waals surface area contributed by atoms with Gasteiger partial charge in [-0.05, 0) is 25.1 Å². The number of aryl methyl sites for hydroxylation is 1. The highest BCUT2D eigenvalue weighted by Crippen LogP contribution is 2.11. The molecule has 0 spiro atoms. The lowest BCUT2D eigenvalue weighted by atomic mass is 10.2. The molecule has 6 nitrogen and oxygen atoms in total. The summed E-state index contributed by atoms with van der Waals surface area (Å²) in [6.07, 6.45) is 8.58. The maximum absolute atomic E-state index is 10.5. The van der Waals surface area contributed by atoms with Gasteiger partial charge in [0, 0.05) is 24.4 Å². The molecule has 0 atom stereocenters. The maximum Gasteiger partial charge on any atom is 0.287 e. The summed E-state index contributed by atoms with van der Waals surface area (Å²) in [5.41, 5.74) is 1.63. The Kier molecular flexibility index (Phi) is 3.47. The number of nitrogens with zero attached hydrogens (tertiary/aromatic N) is 4. The second kappa shape index (κ2) is 5.22. The second-order valence-corrected chi connectivity index (χ2v) is 3.66. The van der Waals surface area contributed by atoms with Crippen LogP contribution in [0.25, 0.3) is 12.2 Å².